The fraction of sp³-hybridized carbons (Fsp3) is 0.500. The van der Waals surface area contributed by atoms with Crippen LogP contribution in [-0.4, -0.2) is 12.5 Å². The van der Waals surface area contributed by atoms with Crippen molar-refractivity contribution >= 4 is 17.5 Å². The third-order valence-corrected chi connectivity index (χ3v) is 3.06. The number of rotatable bonds is 5. The maximum absolute atomic E-state index is 11.0. The molecule has 0 saturated carbocycles. The molecule has 0 bridgehead atoms. The first-order valence-electron chi connectivity index (χ1n) is 6.08. The lowest BCUT2D eigenvalue weighted by atomic mass is 9.92. The molecule has 4 heteroatoms. The lowest BCUT2D eigenvalue weighted by Crippen LogP contribution is -2.20. The zero-order chi connectivity index (χ0) is 13.8. The van der Waals surface area contributed by atoms with Gasteiger partial charge in [0.15, 0.2) is 0 Å². The Hall–Kier alpha value is -1.06. The first-order chi connectivity index (χ1) is 8.29. The van der Waals surface area contributed by atoms with Crippen LogP contribution in [-0.2, 0) is 6.54 Å². The van der Waals surface area contributed by atoms with Crippen LogP contribution in [0.25, 0.3) is 0 Å². The van der Waals surface area contributed by atoms with Gasteiger partial charge in [-0.15, -0.1) is 0 Å². The van der Waals surface area contributed by atoms with Crippen LogP contribution in [0.3, 0.4) is 0 Å². The molecule has 0 unspecified atom stereocenters. The summed E-state index contributed by atoms with van der Waals surface area (Å²) in [4.78, 5) is 11.0. The molecular formula is C14H21ClN2O. The van der Waals surface area contributed by atoms with Crippen molar-refractivity contribution in [2.75, 3.05) is 6.54 Å². The van der Waals surface area contributed by atoms with E-state index in [0.29, 0.717) is 22.5 Å². The largest absolute Gasteiger partial charge is 0.366 e. The van der Waals surface area contributed by atoms with Gasteiger partial charge in [0.25, 0.3) is 0 Å². The highest BCUT2D eigenvalue weighted by molar-refractivity contribution is 6.31. The molecule has 3 nitrogen and oxygen atoms in total. The maximum atomic E-state index is 11.0. The Morgan fingerprint density at radius 2 is 2.06 bits per heavy atom. The third kappa shape index (κ3) is 5.07. The smallest absolute Gasteiger partial charge is 0.248 e. The van der Waals surface area contributed by atoms with E-state index in [0.717, 1.165) is 18.5 Å². The van der Waals surface area contributed by atoms with Crippen molar-refractivity contribution in [3.05, 3.63) is 34.3 Å². The van der Waals surface area contributed by atoms with Crippen molar-refractivity contribution in [3.8, 4) is 0 Å². The number of benzene rings is 1. The van der Waals surface area contributed by atoms with Gasteiger partial charge < -0.3 is 11.1 Å². The number of hydrogen-bond donors (Lipinski definition) is 2. The number of halogens is 1. The molecular weight excluding hydrogens is 248 g/mol. The minimum absolute atomic E-state index is 0.326. The Bertz CT molecular complexity index is 424. The Labute approximate surface area is 114 Å². The summed E-state index contributed by atoms with van der Waals surface area (Å²) in [7, 11) is 0. The first kappa shape index (κ1) is 15.0. The molecule has 0 aromatic heterocycles. The quantitative estimate of drug-likeness (QED) is 0.807. The third-order valence-electron chi connectivity index (χ3n) is 2.70. The molecule has 0 fully saturated rings. The molecule has 1 amide bonds. The van der Waals surface area contributed by atoms with E-state index in [2.05, 4.69) is 26.1 Å². The molecule has 1 rings (SSSR count). The van der Waals surface area contributed by atoms with E-state index < -0.39 is 5.91 Å². The number of primary amides is 1. The zero-order valence-electron chi connectivity index (χ0n) is 11.2. The minimum Gasteiger partial charge on any atom is -0.366 e. The van der Waals surface area contributed by atoms with Crippen LogP contribution < -0.4 is 11.1 Å². The molecule has 100 valence electrons. The lowest BCUT2D eigenvalue weighted by Gasteiger charge is -2.18. The van der Waals surface area contributed by atoms with Crippen LogP contribution in [0.5, 0.6) is 0 Å². The average molecular weight is 269 g/mol. The van der Waals surface area contributed by atoms with Crippen molar-refractivity contribution in [1.29, 1.82) is 0 Å². The van der Waals surface area contributed by atoms with E-state index in [4.69, 9.17) is 17.3 Å². The highest BCUT2D eigenvalue weighted by Gasteiger charge is 2.09. The van der Waals surface area contributed by atoms with Gasteiger partial charge in [-0.25, -0.2) is 0 Å². The minimum atomic E-state index is -0.454. The van der Waals surface area contributed by atoms with Gasteiger partial charge in [0.2, 0.25) is 5.91 Å². The molecule has 3 N–H and O–H groups in total. The van der Waals surface area contributed by atoms with E-state index >= 15 is 0 Å². The molecule has 0 aliphatic rings. The fourth-order valence-corrected chi connectivity index (χ4v) is 1.78. The van der Waals surface area contributed by atoms with Crippen LogP contribution in [0.1, 0.15) is 43.1 Å². The van der Waals surface area contributed by atoms with Crippen molar-refractivity contribution in [2.24, 2.45) is 11.1 Å². The Balaban J connectivity index is 2.51. The van der Waals surface area contributed by atoms with Crippen LogP contribution in [0.15, 0.2) is 18.2 Å². The number of carbonyl (C=O) groups excluding carboxylic acids is 1. The highest BCUT2D eigenvalue weighted by Crippen LogP contribution is 2.19. The number of amides is 1. The molecule has 1 aromatic carbocycles. The van der Waals surface area contributed by atoms with Gasteiger partial charge >= 0.3 is 0 Å². The van der Waals surface area contributed by atoms with Gasteiger partial charge in [-0.1, -0.05) is 38.4 Å². The second kappa shape index (κ2) is 6.21. The number of nitrogens with one attached hydrogen (secondary N) is 1. The van der Waals surface area contributed by atoms with Gasteiger partial charge in [0.1, 0.15) is 0 Å². The van der Waals surface area contributed by atoms with Gasteiger partial charge in [-0.2, -0.15) is 0 Å². The molecule has 0 radical (unpaired) electrons. The summed E-state index contributed by atoms with van der Waals surface area (Å²) >= 11 is 6.09. The van der Waals surface area contributed by atoms with Crippen LogP contribution >= 0.6 is 11.6 Å². The molecule has 0 aliphatic carbocycles. The van der Waals surface area contributed by atoms with E-state index in [1.807, 2.05) is 6.07 Å². The first-order valence-corrected chi connectivity index (χ1v) is 6.46. The van der Waals surface area contributed by atoms with Crippen molar-refractivity contribution in [3.63, 3.8) is 0 Å². The molecule has 0 heterocycles. The van der Waals surface area contributed by atoms with E-state index in [-0.39, 0.29) is 0 Å². The van der Waals surface area contributed by atoms with Crippen LogP contribution in [0, 0.1) is 5.41 Å². The molecule has 0 spiro atoms. The van der Waals surface area contributed by atoms with E-state index in [9.17, 15) is 4.79 Å². The second-order valence-corrected chi connectivity index (χ2v) is 6.07. The normalized spacial score (nSPS) is 11.6. The summed E-state index contributed by atoms with van der Waals surface area (Å²) in [6.45, 7) is 8.28. The summed E-state index contributed by atoms with van der Waals surface area (Å²) in [6, 6.07) is 5.16. The van der Waals surface area contributed by atoms with Crippen molar-refractivity contribution in [1.82, 2.24) is 5.32 Å². The van der Waals surface area contributed by atoms with Gasteiger partial charge in [0, 0.05) is 17.1 Å². The van der Waals surface area contributed by atoms with Crippen LogP contribution in [0.2, 0.25) is 5.02 Å². The lowest BCUT2D eigenvalue weighted by molar-refractivity contribution is 0.100. The van der Waals surface area contributed by atoms with Gasteiger partial charge in [-0.3, -0.25) is 4.79 Å². The Kier molecular flexibility index (Phi) is 5.17. The summed E-state index contributed by atoms with van der Waals surface area (Å²) in [6.07, 6.45) is 1.10. The van der Waals surface area contributed by atoms with Crippen molar-refractivity contribution < 1.29 is 4.79 Å². The van der Waals surface area contributed by atoms with Gasteiger partial charge in [0.05, 0.1) is 0 Å². The number of carbonyl (C=O) groups is 1. The molecule has 0 saturated heterocycles. The SMILES string of the molecule is CC(C)(C)CCNCc1ccc(C(N)=O)cc1Cl. The summed E-state index contributed by atoms with van der Waals surface area (Å²) < 4.78 is 0. The summed E-state index contributed by atoms with van der Waals surface area (Å²) in [5.74, 6) is -0.454. The molecule has 1 aromatic rings. The Morgan fingerprint density at radius 1 is 1.39 bits per heavy atom. The number of hydrogen-bond acceptors (Lipinski definition) is 2. The second-order valence-electron chi connectivity index (χ2n) is 5.66. The molecule has 0 atom stereocenters. The summed E-state index contributed by atoms with van der Waals surface area (Å²) in [5.41, 5.74) is 6.94. The standard InChI is InChI=1S/C14H21ClN2O/c1-14(2,3)6-7-17-9-11-5-4-10(13(16)18)8-12(11)15/h4-5,8,17H,6-7,9H2,1-3H3,(H2,16,18). The van der Waals surface area contributed by atoms with Gasteiger partial charge in [-0.05, 0) is 36.1 Å². The topological polar surface area (TPSA) is 55.1 Å². The highest BCUT2D eigenvalue weighted by atomic mass is 35.5. The van der Waals surface area contributed by atoms with E-state index in [1.165, 1.54) is 0 Å². The summed E-state index contributed by atoms with van der Waals surface area (Å²) in [5, 5.41) is 3.93. The van der Waals surface area contributed by atoms with E-state index in [1.54, 1.807) is 12.1 Å². The maximum Gasteiger partial charge on any atom is 0.248 e. The van der Waals surface area contributed by atoms with Crippen LogP contribution in [0.4, 0.5) is 0 Å². The van der Waals surface area contributed by atoms with Crippen molar-refractivity contribution in [2.45, 2.75) is 33.7 Å². The predicted octanol–water partition coefficient (Wildman–Crippen LogP) is 2.96. The Morgan fingerprint density at radius 3 is 2.56 bits per heavy atom. The average Bonchev–Trinajstić information content (AvgIpc) is 2.24. The molecule has 18 heavy (non-hydrogen) atoms. The predicted molar refractivity (Wildman–Crippen MR) is 75.7 cm³/mol. The molecule has 0 aliphatic heterocycles. The zero-order valence-corrected chi connectivity index (χ0v) is 12.0. The fourth-order valence-electron chi connectivity index (χ4n) is 1.53. The monoisotopic (exact) mass is 268 g/mol. The number of nitrogens with two attached hydrogens (primary N) is 1.